The predicted octanol–water partition coefficient (Wildman–Crippen LogP) is 2.16. The molecule has 0 aliphatic carbocycles. The Bertz CT molecular complexity index is 785. The van der Waals surface area contributed by atoms with Crippen molar-refractivity contribution in [2.75, 3.05) is 31.1 Å². The summed E-state index contributed by atoms with van der Waals surface area (Å²) in [5.41, 5.74) is 2.07. The number of carbonyl (C=O) groups is 1. The van der Waals surface area contributed by atoms with Crippen molar-refractivity contribution in [3.63, 3.8) is 0 Å². The van der Waals surface area contributed by atoms with Gasteiger partial charge in [-0.1, -0.05) is 18.2 Å². The molecule has 1 aromatic heterocycles. The van der Waals surface area contributed by atoms with Crippen LogP contribution >= 0.6 is 0 Å². The highest BCUT2D eigenvalue weighted by Gasteiger charge is 2.42. The number of rotatable bonds is 2. The highest BCUT2D eigenvalue weighted by molar-refractivity contribution is 5.96. The third-order valence-electron chi connectivity index (χ3n) is 5.07. The molecule has 24 heavy (non-hydrogen) atoms. The van der Waals surface area contributed by atoms with E-state index in [0.717, 1.165) is 26.2 Å². The maximum atomic E-state index is 12.7. The molecule has 2 aliphatic heterocycles. The molecule has 0 spiro atoms. The number of hydrogen-bond acceptors (Lipinski definition) is 4. The van der Waals surface area contributed by atoms with Crippen LogP contribution in [0.1, 0.15) is 15.9 Å². The molecule has 0 N–H and O–H groups in total. The summed E-state index contributed by atoms with van der Waals surface area (Å²) in [6.45, 7) is 3.48. The molecule has 3 heterocycles. The van der Waals surface area contributed by atoms with Crippen molar-refractivity contribution in [1.82, 2.24) is 9.88 Å². The normalized spacial score (nSPS) is 22.3. The first kappa shape index (κ1) is 14.7. The van der Waals surface area contributed by atoms with E-state index in [1.165, 1.54) is 11.9 Å². The molecule has 0 saturated carbocycles. The molecule has 4 rings (SSSR count). The van der Waals surface area contributed by atoms with Crippen LogP contribution in [0, 0.1) is 23.2 Å². The minimum atomic E-state index is -0.0692. The van der Waals surface area contributed by atoms with Gasteiger partial charge < -0.3 is 9.80 Å². The molecule has 5 heteroatoms. The number of fused-ring (bicyclic) bond motifs is 1. The van der Waals surface area contributed by atoms with E-state index in [1.807, 2.05) is 11.0 Å². The molecule has 1 aromatic carbocycles. The van der Waals surface area contributed by atoms with Gasteiger partial charge in [0.2, 0.25) is 0 Å². The van der Waals surface area contributed by atoms with Gasteiger partial charge in [0, 0.05) is 56.1 Å². The number of para-hydroxylation sites is 1. The number of anilines is 1. The summed E-state index contributed by atoms with van der Waals surface area (Å²) in [7, 11) is 0. The van der Waals surface area contributed by atoms with Crippen molar-refractivity contribution in [2.24, 2.45) is 11.8 Å². The lowest BCUT2D eigenvalue weighted by molar-refractivity contribution is 0.0782. The number of amides is 1. The third-order valence-corrected chi connectivity index (χ3v) is 5.07. The monoisotopic (exact) mass is 318 g/mol. The van der Waals surface area contributed by atoms with Gasteiger partial charge in [-0.05, 0) is 18.2 Å². The van der Waals surface area contributed by atoms with Gasteiger partial charge in [-0.2, -0.15) is 5.26 Å². The van der Waals surface area contributed by atoms with E-state index in [0.29, 0.717) is 23.0 Å². The Hall–Kier alpha value is -2.87. The summed E-state index contributed by atoms with van der Waals surface area (Å²) in [6, 6.07) is 14.1. The van der Waals surface area contributed by atoms with E-state index in [-0.39, 0.29) is 5.91 Å². The van der Waals surface area contributed by atoms with E-state index in [1.54, 1.807) is 12.3 Å². The molecule has 1 amide bonds. The Labute approximate surface area is 141 Å². The van der Waals surface area contributed by atoms with Gasteiger partial charge in [0.1, 0.15) is 6.07 Å². The van der Waals surface area contributed by atoms with E-state index in [4.69, 9.17) is 0 Å². The van der Waals surface area contributed by atoms with Gasteiger partial charge in [-0.25, -0.2) is 0 Å². The summed E-state index contributed by atoms with van der Waals surface area (Å²) in [6.07, 6.45) is 3.05. The number of pyridine rings is 1. The lowest BCUT2D eigenvalue weighted by atomic mass is 10.0. The number of nitriles is 1. The van der Waals surface area contributed by atoms with Crippen LogP contribution in [-0.2, 0) is 0 Å². The molecule has 2 aliphatic rings. The lowest BCUT2D eigenvalue weighted by Crippen LogP contribution is -2.33. The minimum Gasteiger partial charge on any atom is -0.371 e. The first-order valence-electron chi connectivity index (χ1n) is 8.19. The van der Waals surface area contributed by atoms with Gasteiger partial charge in [0.25, 0.3) is 5.91 Å². The van der Waals surface area contributed by atoms with Crippen molar-refractivity contribution < 1.29 is 4.79 Å². The summed E-state index contributed by atoms with van der Waals surface area (Å²) in [4.78, 5) is 21.0. The van der Waals surface area contributed by atoms with Crippen LogP contribution in [-0.4, -0.2) is 42.0 Å². The second-order valence-electron chi connectivity index (χ2n) is 6.50. The molecule has 2 aromatic rings. The van der Waals surface area contributed by atoms with Crippen LogP contribution in [0.25, 0.3) is 0 Å². The first-order chi connectivity index (χ1) is 11.8. The summed E-state index contributed by atoms with van der Waals surface area (Å²) < 4.78 is 0. The Morgan fingerprint density at radius 2 is 1.79 bits per heavy atom. The smallest absolute Gasteiger partial charge is 0.256 e. The Morgan fingerprint density at radius 3 is 2.46 bits per heavy atom. The van der Waals surface area contributed by atoms with Gasteiger partial charge in [0.15, 0.2) is 0 Å². The number of aromatic nitrogens is 1. The molecule has 2 unspecified atom stereocenters. The molecule has 120 valence electrons. The first-order valence-corrected chi connectivity index (χ1v) is 8.19. The van der Waals surface area contributed by atoms with Crippen molar-refractivity contribution in [2.45, 2.75) is 0 Å². The highest BCUT2D eigenvalue weighted by atomic mass is 16.2. The second-order valence-corrected chi connectivity index (χ2v) is 6.50. The van der Waals surface area contributed by atoms with Crippen LogP contribution in [0.4, 0.5) is 5.69 Å². The Balaban J connectivity index is 1.46. The number of nitrogens with zero attached hydrogens (tertiary/aromatic N) is 4. The molecular weight excluding hydrogens is 300 g/mol. The second kappa shape index (κ2) is 5.97. The van der Waals surface area contributed by atoms with E-state index >= 15 is 0 Å². The zero-order chi connectivity index (χ0) is 16.5. The zero-order valence-corrected chi connectivity index (χ0v) is 13.3. The summed E-state index contributed by atoms with van der Waals surface area (Å²) >= 11 is 0. The maximum absolute atomic E-state index is 12.7. The molecule has 2 atom stereocenters. The largest absolute Gasteiger partial charge is 0.371 e. The maximum Gasteiger partial charge on any atom is 0.256 e. The molecule has 0 bridgehead atoms. The minimum absolute atomic E-state index is 0.0692. The van der Waals surface area contributed by atoms with Crippen LogP contribution in [0.3, 0.4) is 0 Å². The Kier molecular flexibility index (Phi) is 3.66. The van der Waals surface area contributed by atoms with Gasteiger partial charge in [-0.15, -0.1) is 0 Å². The van der Waals surface area contributed by atoms with Crippen molar-refractivity contribution in [3.8, 4) is 6.07 Å². The third kappa shape index (κ3) is 2.50. The molecule has 2 saturated heterocycles. The number of hydrogen-bond donors (Lipinski definition) is 0. The number of benzene rings is 1. The van der Waals surface area contributed by atoms with Crippen LogP contribution in [0.2, 0.25) is 0 Å². The van der Waals surface area contributed by atoms with Crippen molar-refractivity contribution >= 4 is 11.6 Å². The van der Waals surface area contributed by atoms with Gasteiger partial charge >= 0.3 is 0 Å². The molecule has 0 radical (unpaired) electrons. The van der Waals surface area contributed by atoms with Gasteiger partial charge in [0.05, 0.1) is 11.1 Å². The fraction of sp³-hybridized carbons (Fsp3) is 0.316. The van der Waals surface area contributed by atoms with E-state index < -0.39 is 0 Å². The zero-order valence-electron chi connectivity index (χ0n) is 13.3. The highest BCUT2D eigenvalue weighted by Crippen LogP contribution is 2.34. The fourth-order valence-electron chi connectivity index (χ4n) is 3.84. The SMILES string of the molecule is N#Cc1ccncc1C(=O)N1CC2CN(c3ccccc3)CC2C1. The molecule has 2 fully saturated rings. The number of likely N-dealkylation sites (tertiary alicyclic amines) is 1. The number of carbonyl (C=O) groups excluding carboxylic acids is 1. The fourth-order valence-corrected chi connectivity index (χ4v) is 3.84. The van der Waals surface area contributed by atoms with Crippen molar-refractivity contribution in [1.29, 1.82) is 5.26 Å². The molecule has 5 nitrogen and oxygen atoms in total. The van der Waals surface area contributed by atoms with E-state index in [9.17, 15) is 10.1 Å². The quantitative estimate of drug-likeness (QED) is 0.851. The predicted molar refractivity (Wildman–Crippen MR) is 90.5 cm³/mol. The average molecular weight is 318 g/mol. The standard InChI is InChI=1S/C19H18N4O/c20-8-14-6-7-21-9-18(14)19(24)23-12-15-10-22(11-16(15)13-23)17-4-2-1-3-5-17/h1-7,9,15-16H,10-13H2. The molecular formula is C19H18N4O. The van der Waals surface area contributed by atoms with E-state index in [2.05, 4.69) is 40.2 Å². The van der Waals surface area contributed by atoms with Gasteiger partial charge in [-0.3, -0.25) is 9.78 Å². The summed E-state index contributed by atoms with van der Waals surface area (Å²) in [5, 5.41) is 9.18. The van der Waals surface area contributed by atoms with Crippen LogP contribution < -0.4 is 4.90 Å². The van der Waals surface area contributed by atoms with Crippen LogP contribution in [0.5, 0.6) is 0 Å². The van der Waals surface area contributed by atoms with Crippen LogP contribution in [0.15, 0.2) is 48.8 Å². The summed E-state index contributed by atoms with van der Waals surface area (Å²) in [5.74, 6) is 0.924. The van der Waals surface area contributed by atoms with Crippen molar-refractivity contribution in [3.05, 3.63) is 59.9 Å². The topological polar surface area (TPSA) is 60.2 Å². The average Bonchev–Trinajstić information content (AvgIpc) is 3.21. The Morgan fingerprint density at radius 1 is 1.08 bits per heavy atom. The lowest BCUT2D eigenvalue weighted by Gasteiger charge is -2.23.